The molecular weight excluding hydrogens is 276 g/mol. The third kappa shape index (κ3) is 8.98. The lowest BCUT2D eigenvalue weighted by Gasteiger charge is -2.09. The van der Waals surface area contributed by atoms with Crippen molar-refractivity contribution in [2.24, 2.45) is 0 Å². The number of ether oxygens (including phenoxy) is 1. The van der Waals surface area contributed by atoms with Crippen LogP contribution in [0.15, 0.2) is 12.4 Å². The topological polar surface area (TPSA) is 55.2 Å². The number of aromatic nitrogens is 2. The van der Waals surface area contributed by atoms with Gasteiger partial charge in [-0.1, -0.05) is 51.9 Å². The smallest absolute Gasteiger partial charge is 0.235 e. The van der Waals surface area contributed by atoms with E-state index in [-0.39, 0.29) is 6.61 Å². The SMILES string of the molecule is CCCCCCCCCCc1nccnc1OCCCCO. The summed E-state index contributed by atoms with van der Waals surface area (Å²) in [7, 11) is 0. The molecule has 0 atom stereocenters. The van der Waals surface area contributed by atoms with Gasteiger partial charge in [-0.2, -0.15) is 0 Å². The molecular formula is C18H32N2O2. The first-order chi connectivity index (χ1) is 10.9. The van der Waals surface area contributed by atoms with Gasteiger partial charge in [-0.05, 0) is 25.7 Å². The summed E-state index contributed by atoms with van der Waals surface area (Å²) >= 11 is 0. The Labute approximate surface area is 135 Å². The third-order valence-electron chi connectivity index (χ3n) is 3.79. The van der Waals surface area contributed by atoms with Crippen LogP contribution in [0, 0.1) is 0 Å². The van der Waals surface area contributed by atoms with Gasteiger partial charge < -0.3 is 9.84 Å². The van der Waals surface area contributed by atoms with Gasteiger partial charge in [-0.3, -0.25) is 4.98 Å². The molecule has 1 rings (SSSR count). The number of nitrogens with zero attached hydrogens (tertiary/aromatic N) is 2. The van der Waals surface area contributed by atoms with Crippen LogP contribution >= 0.6 is 0 Å². The molecule has 0 saturated heterocycles. The Hall–Kier alpha value is -1.16. The Morgan fingerprint density at radius 2 is 1.55 bits per heavy atom. The minimum absolute atomic E-state index is 0.217. The molecule has 0 saturated carbocycles. The predicted octanol–water partition coefficient (Wildman–Crippen LogP) is 4.31. The Morgan fingerprint density at radius 3 is 2.27 bits per heavy atom. The van der Waals surface area contributed by atoms with E-state index in [1.807, 2.05) is 0 Å². The summed E-state index contributed by atoms with van der Waals surface area (Å²) in [6.07, 6.45) is 16.5. The second-order valence-corrected chi connectivity index (χ2v) is 5.81. The van der Waals surface area contributed by atoms with Gasteiger partial charge in [0.25, 0.3) is 0 Å². The van der Waals surface area contributed by atoms with Crippen LogP contribution in [0.1, 0.15) is 76.8 Å². The van der Waals surface area contributed by atoms with Gasteiger partial charge in [0, 0.05) is 19.0 Å². The molecule has 22 heavy (non-hydrogen) atoms. The summed E-state index contributed by atoms with van der Waals surface area (Å²) in [5.74, 6) is 0.670. The summed E-state index contributed by atoms with van der Waals surface area (Å²) in [4.78, 5) is 8.68. The molecule has 0 aliphatic heterocycles. The number of unbranched alkanes of at least 4 members (excludes halogenated alkanes) is 8. The Morgan fingerprint density at radius 1 is 0.864 bits per heavy atom. The fourth-order valence-electron chi connectivity index (χ4n) is 2.46. The molecule has 0 aliphatic carbocycles. The van der Waals surface area contributed by atoms with Gasteiger partial charge in [-0.15, -0.1) is 0 Å². The maximum atomic E-state index is 8.77. The highest BCUT2D eigenvalue weighted by molar-refractivity contribution is 5.17. The molecule has 0 amide bonds. The first-order valence-electron chi connectivity index (χ1n) is 8.92. The van der Waals surface area contributed by atoms with Crippen molar-refractivity contribution in [3.8, 4) is 5.88 Å². The molecule has 1 aromatic rings. The van der Waals surface area contributed by atoms with Crippen LogP contribution in [-0.4, -0.2) is 28.3 Å². The van der Waals surface area contributed by atoms with Crippen LogP contribution in [0.4, 0.5) is 0 Å². The van der Waals surface area contributed by atoms with E-state index in [2.05, 4.69) is 16.9 Å². The van der Waals surface area contributed by atoms with Crippen LogP contribution < -0.4 is 4.74 Å². The average molecular weight is 308 g/mol. The van der Waals surface area contributed by atoms with Crippen LogP contribution in [-0.2, 0) is 6.42 Å². The molecule has 0 unspecified atom stereocenters. The average Bonchev–Trinajstić information content (AvgIpc) is 2.55. The normalized spacial score (nSPS) is 10.8. The zero-order valence-electron chi connectivity index (χ0n) is 14.1. The van der Waals surface area contributed by atoms with Gasteiger partial charge in [0.1, 0.15) is 5.69 Å². The van der Waals surface area contributed by atoms with Crippen molar-refractivity contribution < 1.29 is 9.84 Å². The van der Waals surface area contributed by atoms with Crippen molar-refractivity contribution in [1.29, 1.82) is 0 Å². The molecule has 0 spiro atoms. The van der Waals surface area contributed by atoms with Crippen LogP contribution in [0.2, 0.25) is 0 Å². The fourth-order valence-corrected chi connectivity index (χ4v) is 2.46. The molecule has 0 radical (unpaired) electrons. The summed E-state index contributed by atoms with van der Waals surface area (Å²) < 4.78 is 5.68. The Kier molecular flexibility index (Phi) is 11.6. The lowest BCUT2D eigenvalue weighted by atomic mass is 10.1. The first-order valence-corrected chi connectivity index (χ1v) is 8.92. The van der Waals surface area contributed by atoms with Crippen molar-refractivity contribution in [3.63, 3.8) is 0 Å². The molecule has 0 fully saturated rings. The van der Waals surface area contributed by atoms with Crippen molar-refractivity contribution in [3.05, 3.63) is 18.1 Å². The largest absolute Gasteiger partial charge is 0.476 e. The molecule has 4 nitrogen and oxygen atoms in total. The van der Waals surface area contributed by atoms with Crippen LogP contribution in [0.25, 0.3) is 0 Å². The van der Waals surface area contributed by atoms with Gasteiger partial charge in [-0.25, -0.2) is 4.98 Å². The highest BCUT2D eigenvalue weighted by atomic mass is 16.5. The lowest BCUT2D eigenvalue weighted by Crippen LogP contribution is -2.04. The van der Waals surface area contributed by atoms with Crippen LogP contribution in [0.5, 0.6) is 5.88 Å². The molecule has 1 N–H and O–H groups in total. The van der Waals surface area contributed by atoms with Gasteiger partial charge in [0.2, 0.25) is 5.88 Å². The predicted molar refractivity (Wildman–Crippen MR) is 90.2 cm³/mol. The maximum absolute atomic E-state index is 8.77. The second kappa shape index (κ2) is 13.5. The van der Waals surface area contributed by atoms with E-state index in [1.165, 1.54) is 44.9 Å². The lowest BCUT2D eigenvalue weighted by molar-refractivity contribution is 0.247. The standard InChI is InChI=1S/C18H32N2O2/c1-2-3-4-5-6-7-8-9-12-17-18(20-14-13-19-17)22-16-11-10-15-21/h13-14,21H,2-12,15-16H2,1H3. The van der Waals surface area contributed by atoms with Gasteiger partial charge >= 0.3 is 0 Å². The van der Waals surface area contributed by atoms with Crippen molar-refractivity contribution >= 4 is 0 Å². The zero-order valence-corrected chi connectivity index (χ0v) is 14.1. The number of rotatable bonds is 14. The van der Waals surface area contributed by atoms with E-state index in [1.54, 1.807) is 12.4 Å². The highest BCUT2D eigenvalue weighted by Crippen LogP contribution is 2.16. The van der Waals surface area contributed by atoms with Crippen molar-refractivity contribution in [2.45, 2.75) is 77.6 Å². The van der Waals surface area contributed by atoms with E-state index >= 15 is 0 Å². The summed E-state index contributed by atoms with van der Waals surface area (Å²) in [5.41, 5.74) is 0.970. The zero-order chi connectivity index (χ0) is 15.9. The van der Waals surface area contributed by atoms with E-state index in [0.717, 1.165) is 31.4 Å². The van der Waals surface area contributed by atoms with E-state index < -0.39 is 0 Å². The molecule has 0 aliphatic rings. The molecule has 0 bridgehead atoms. The van der Waals surface area contributed by atoms with Gasteiger partial charge in [0.15, 0.2) is 0 Å². The maximum Gasteiger partial charge on any atom is 0.235 e. The van der Waals surface area contributed by atoms with E-state index in [0.29, 0.717) is 12.5 Å². The molecule has 126 valence electrons. The number of aliphatic hydroxyl groups excluding tert-OH is 1. The number of hydrogen-bond donors (Lipinski definition) is 1. The molecule has 1 heterocycles. The number of aryl methyl sites for hydroxylation is 1. The monoisotopic (exact) mass is 308 g/mol. The Bertz CT molecular complexity index is 372. The van der Waals surface area contributed by atoms with Gasteiger partial charge in [0.05, 0.1) is 6.61 Å². The number of hydrogen-bond acceptors (Lipinski definition) is 4. The molecule has 1 aromatic heterocycles. The summed E-state index contributed by atoms with van der Waals surface area (Å²) in [6, 6.07) is 0. The van der Waals surface area contributed by atoms with E-state index in [9.17, 15) is 0 Å². The Balaban J connectivity index is 2.16. The molecule has 0 aromatic carbocycles. The minimum Gasteiger partial charge on any atom is -0.476 e. The summed E-state index contributed by atoms with van der Waals surface area (Å²) in [6.45, 7) is 3.07. The summed E-state index contributed by atoms with van der Waals surface area (Å²) in [5, 5.41) is 8.77. The van der Waals surface area contributed by atoms with E-state index in [4.69, 9.17) is 9.84 Å². The molecule has 4 heteroatoms. The minimum atomic E-state index is 0.217. The second-order valence-electron chi connectivity index (χ2n) is 5.81. The fraction of sp³-hybridized carbons (Fsp3) is 0.778. The van der Waals surface area contributed by atoms with Crippen molar-refractivity contribution in [2.75, 3.05) is 13.2 Å². The quantitative estimate of drug-likeness (QED) is 0.520. The van der Waals surface area contributed by atoms with Crippen LogP contribution in [0.3, 0.4) is 0 Å². The highest BCUT2D eigenvalue weighted by Gasteiger charge is 2.06. The third-order valence-corrected chi connectivity index (χ3v) is 3.79. The number of aliphatic hydroxyl groups is 1. The van der Waals surface area contributed by atoms with Crippen molar-refractivity contribution in [1.82, 2.24) is 9.97 Å². The first kappa shape index (κ1) is 18.9.